The van der Waals surface area contributed by atoms with Gasteiger partial charge in [-0.3, -0.25) is 0 Å². The molecule has 3 aliphatic rings. The minimum atomic E-state index is -1.68. The molecular formula is C40H54O3. The standard InChI is InChI=1S/C40H54O3/c1-30(18-13-20-32(3)23-24-35-34(5)22-15-26-36(35,6)7)16-11-12-17-31(2)19-14-21-33(4)25-27-40-37(8,9)28-39(41,42)29-38(40,10)43-40/h11-14,16-21,25,27,41-42H,15,22,26,28-29H2,1-10H3/b12-11+,18-13+,19-14+,27-25+,30-16+,31-17+,32-20+,33-21+. The van der Waals surface area contributed by atoms with E-state index < -0.39 is 17.0 Å². The molecule has 3 heteroatoms. The maximum atomic E-state index is 10.3. The van der Waals surface area contributed by atoms with Crippen LogP contribution >= 0.6 is 0 Å². The average Bonchev–Trinajstić information content (AvgIpc) is 3.49. The first kappa shape index (κ1) is 34.6. The Labute approximate surface area is 261 Å². The summed E-state index contributed by atoms with van der Waals surface area (Å²) in [5.41, 5.74) is 6.07. The predicted molar refractivity (Wildman–Crippen MR) is 182 cm³/mol. The van der Waals surface area contributed by atoms with E-state index in [-0.39, 0.29) is 23.7 Å². The lowest BCUT2D eigenvalue weighted by Crippen LogP contribution is -2.52. The molecule has 1 heterocycles. The Balaban J connectivity index is 1.52. The fourth-order valence-corrected chi connectivity index (χ4v) is 6.86. The van der Waals surface area contributed by atoms with Gasteiger partial charge in [0.2, 0.25) is 0 Å². The highest BCUT2D eigenvalue weighted by Crippen LogP contribution is 2.67. The Bertz CT molecular complexity index is 1400. The Morgan fingerprint density at radius 2 is 1.33 bits per heavy atom. The lowest BCUT2D eigenvalue weighted by Gasteiger charge is -2.42. The van der Waals surface area contributed by atoms with E-state index in [0.29, 0.717) is 0 Å². The van der Waals surface area contributed by atoms with E-state index in [0.717, 1.165) is 16.7 Å². The molecule has 1 aliphatic heterocycles. The molecule has 0 aromatic carbocycles. The van der Waals surface area contributed by atoms with E-state index in [4.69, 9.17) is 4.74 Å². The fraction of sp³-hybridized carbons (Fsp3) is 0.500. The Morgan fingerprint density at radius 3 is 1.91 bits per heavy atom. The van der Waals surface area contributed by atoms with Crippen molar-refractivity contribution in [3.8, 4) is 11.8 Å². The van der Waals surface area contributed by atoms with E-state index in [9.17, 15) is 10.2 Å². The van der Waals surface area contributed by atoms with Gasteiger partial charge in [-0.05, 0) is 77.9 Å². The van der Waals surface area contributed by atoms with Crippen LogP contribution in [0.25, 0.3) is 0 Å². The summed E-state index contributed by atoms with van der Waals surface area (Å²) in [5.74, 6) is 5.14. The summed E-state index contributed by atoms with van der Waals surface area (Å²) in [7, 11) is 0. The molecule has 43 heavy (non-hydrogen) atoms. The van der Waals surface area contributed by atoms with Crippen LogP contribution in [0, 0.1) is 22.7 Å². The van der Waals surface area contributed by atoms with E-state index in [1.807, 2.05) is 20.8 Å². The van der Waals surface area contributed by atoms with Gasteiger partial charge in [-0.15, -0.1) is 0 Å². The zero-order valence-electron chi connectivity index (χ0n) is 28.3. The summed E-state index contributed by atoms with van der Waals surface area (Å²) >= 11 is 0. The van der Waals surface area contributed by atoms with Gasteiger partial charge in [-0.1, -0.05) is 129 Å². The van der Waals surface area contributed by atoms with Crippen LogP contribution in [-0.2, 0) is 4.74 Å². The highest BCUT2D eigenvalue weighted by Gasteiger charge is 2.77. The molecule has 0 amide bonds. The first-order valence-corrected chi connectivity index (χ1v) is 15.7. The minimum absolute atomic E-state index is 0.187. The van der Waals surface area contributed by atoms with Gasteiger partial charge in [-0.25, -0.2) is 0 Å². The number of ether oxygens (including phenoxy) is 1. The van der Waals surface area contributed by atoms with E-state index in [1.54, 1.807) is 0 Å². The predicted octanol–water partition coefficient (Wildman–Crippen LogP) is 9.55. The summed E-state index contributed by atoms with van der Waals surface area (Å²) in [4.78, 5) is 0. The van der Waals surface area contributed by atoms with Gasteiger partial charge < -0.3 is 14.9 Å². The summed E-state index contributed by atoms with van der Waals surface area (Å²) in [6.07, 6.45) is 29.1. The summed E-state index contributed by atoms with van der Waals surface area (Å²) in [5, 5.41) is 20.5. The van der Waals surface area contributed by atoms with Gasteiger partial charge in [0.15, 0.2) is 5.79 Å². The van der Waals surface area contributed by atoms with Crippen molar-refractivity contribution in [2.24, 2.45) is 10.8 Å². The normalized spacial score (nSPS) is 29.5. The van der Waals surface area contributed by atoms with E-state index >= 15 is 0 Å². The quantitative estimate of drug-likeness (QED) is 0.130. The number of hydrogen-bond donors (Lipinski definition) is 2. The van der Waals surface area contributed by atoms with Crippen molar-refractivity contribution in [3.63, 3.8) is 0 Å². The minimum Gasteiger partial charge on any atom is -0.365 e. The van der Waals surface area contributed by atoms with Crippen LogP contribution in [0.5, 0.6) is 0 Å². The maximum Gasteiger partial charge on any atom is 0.165 e. The number of fused-ring (bicyclic) bond motifs is 1. The Kier molecular flexibility index (Phi) is 10.8. The van der Waals surface area contributed by atoms with Crippen LogP contribution in [-0.4, -0.2) is 27.2 Å². The van der Waals surface area contributed by atoms with Crippen molar-refractivity contribution < 1.29 is 14.9 Å². The van der Waals surface area contributed by atoms with Gasteiger partial charge in [0.1, 0.15) is 11.2 Å². The average molecular weight is 583 g/mol. The molecule has 232 valence electrons. The zero-order valence-corrected chi connectivity index (χ0v) is 28.3. The van der Waals surface area contributed by atoms with Gasteiger partial charge in [0.05, 0.1) is 0 Å². The number of rotatable bonds is 8. The van der Waals surface area contributed by atoms with Crippen molar-refractivity contribution in [2.75, 3.05) is 0 Å². The molecule has 2 N–H and O–H groups in total. The third kappa shape index (κ3) is 8.82. The number of epoxide rings is 1. The first-order chi connectivity index (χ1) is 19.9. The first-order valence-electron chi connectivity index (χ1n) is 15.7. The molecule has 0 aromatic rings. The van der Waals surface area contributed by atoms with Crippen LogP contribution in [0.1, 0.15) is 101 Å². The number of hydrogen-bond acceptors (Lipinski definition) is 3. The number of aliphatic hydroxyl groups is 2. The van der Waals surface area contributed by atoms with E-state index in [2.05, 4.69) is 133 Å². The van der Waals surface area contributed by atoms with Crippen LogP contribution in [0.3, 0.4) is 0 Å². The van der Waals surface area contributed by atoms with Gasteiger partial charge in [-0.2, -0.15) is 0 Å². The molecule has 1 saturated carbocycles. The Morgan fingerprint density at radius 1 is 0.767 bits per heavy atom. The SMILES string of the molecule is CC1=C(C#C/C(C)=C/C=C/C(C)=C/C=C/C=C(C)/C=C/C=C(C)/C=C/C23OC2(C)CC(O)(O)CC3(C)C)C(C)(C)CCC1. The lowest BCUT2D eigenvalue weighted by molar-refractivity contribution is -0.205. The molecule has 1 saturated heterocycles. The molecule has 3 nitrogen and oxygen atoms in total. The Hall–Kier alpha value is -2.90. The lowest BCUT2D eigenvalue weighted by atomic mass is 9.62. The maximum absolute atomic E-state index is 10.3. The van der Waals surface area contributed by atoms with Crippen molar-refractivity contribution in [1.82, 2.24) is 0 Å². The second-order valence-corrected chi connectivity index (χ2v) is 14.4. The van der Waals surface area contributed by atoms with Crippen molar-refractivity contribution >= 4 is 0 Å². The smallest absolute Gasteiger partial charge is 0.165 e. The largest absolute Gasteiger partial charge is 0.365 e. The second-order valence-electron chi connectivity index (χ2n) is 14.4. The second kappa shape index (κ2) is 13.4. The van der Waals surface area contributed by atoms with Crippen molar-refractivity contribution in [3.05, 3.63) is 106 Å². The molecule has 3 rings (SSSR count). The zero-order chi connectivity index (χ0) is 32.1. The molecule has 2 atom stereocenters. The van der Waals surface area contributed by atoms with Crippen LogP contribution < -0.4 is 0 Å². The molecule has 0 radical (unpaired) electrons. The topological polar surface area (TPSA) is 53.0 Å². The van der Waals surface area contributed by atoms with Gasteiger partial charge >= 0.3 is 0 Å². The molecule has 0 spiro atoms. The third-order valence-corrected chi connectivity index (χ3v) is 9.16. The molecule has 0 aromatic heterocycles. The number of allylic oxidation sites excluding steroid dienone is 17. The fourth-order valence-electron chi connectivity index (χ4n) is 6.86. The monoisotopic (exact) mass is 582 g/mol. The van der Waals surface area contributed by atoms with Crippen LogP contribution in [0.4, 0.5) is 0 Å². The van der Waals surface area contributed by atoms with Crippen LogP contribution in [0.15, 0.2) is 106 Å². The molecular weight excluding hydrogens is 528 g/mol. The van der Waals surface area contributed by atoms with E-state index in [1.165, 1.54) is 36.0 Å². The molecule has 0 bridgehead atoms. The third-order valence-electron chi connectivity index (χ3n) is 9.16. The molecule has 2 fully saturated rings. The highest BCUT2D eigenvalue weighted by molar-refractivity contribution is 5.44. The van der Waals surface area contributed by atoms with Crippen LogP contribution in [0.2, 0.25) is 0 Å². The highest BCUT2D eigenvalue weighted by atomic mass is 16.6. The van der Waals surface area contributed by atoms with Crippen molar-refractivity contribution in [1.29, 1.82) is 0 Å². The van der Waals surface area contributed by atoms with Crippen molar-refractivity contribution in [2.45, 2.75) is 118 Å². The summed E-state index contributed by atoms with van der Waals surface area (Å²) in [6, 6.07) is 0. The summed E-state index contributed by atoms with van der Waals surface area (Å²) < 4.78 is 6.15. The molecule has 2 aliphatic carbocycles. The van der Waals surface area contributed by atoms with Gasteiger partial charge in [0, 0.05) is 23.8 Å². The molecule has 2 unspecified atom stereocenters. The van der Waals surface area contributed by atoms with Gasteiger partial charge in [0.25, 0.3) is 0 Å². The summed E-state index contributed by atoms with van der Waals surface area (Å²) in [6.45, 7) is 21.2.